The highest BCUT2D eigenvalue weighted by Gasteiger charge is 2.33. The van der Waals surface area contributed by atoms with Crippen molar-refractivity contribution in [1.29, 1.82) is 0 Å². The number of benzene rings is 1. The van der Waals surface area contributed by atoms with Crippen molar-refractivity contribution >= 4 is 46.0 Å². The molecular weight excluding hydrogens is 351 g/mol. The maximum absolute atomic E-state index is 10.9. The van der Waals surface area contributed by atoms with Crippen molar-refractivity contribution in [2.24, 2.45) is 0 Å². The first kappa shape index (κ1) is 17.2. The molecule has 6 nitrogen and oxygen atoms in total. The van der Waals surface area contributed by atoms with Gasteiger partial charge >= 0.3 is 5.97 Å². The number of anilines is 1. The molecule has 0 spiro atoms. The lowest BCUT2D eigenvalue weighted by Gasteiger charge is -2.42. The summed E-state index contributed by atoms with van der Waals surface area (Å²) < 4.78 is 0. The number of nitrogens with one attached hydrogen (secondary N) is 1. The molecule has 2 aromatic rings. The van der Waals surface area contributed by atoms with Crippen molar-refractivity contribution in [3.63, 3.8) is 0 Å². The number of rotatable bonds is 6. The number of carboxylic acids is 1. The number of halogens is 2. The Labute approximate surface area is 149 Å². The number of hydrogen-bond donors (Lipinski definition) is 2. The first-order chi connectivity index (χ1) is 11.5. The molecule has 2 N–H and O–H groups in total. The lowest BCUT2D eigenvalue weighted by Crippen LogP contribution is -2.51. The molecule has 0 saturated heterocycles. The summed E-state index contributed by atoms with van der Waals surface area (Å²) in [6.07, 6.45) is 3.46. The van der Waals surface area contributed by atoms with Crippen molar-refractivity contribution < 1.29 is 9.90 Å². The highest BCUT2D eigenvalue weighted by atomic mass is 35.5. The van der Waals surface area contributed by atoms with Gasteiger partial charge in [-0.3, -0.25) is 14.7 Å². The number of nitrogens with zero attached hydrogens (tertiary/aromatic N) is 3. The highest BCUT2D eigenvalue weighted by Crippen LogP contribution is 2.29. The van der Waals surface area contributed by atoms with Gasteiger partial charge in [0.15, 0.2) is 0 Å². The molecule has 1 aliphatic rings. The molecule has 0 atom stereocenters. The summed E-state index contributed by atoms with van der Waals surface area (Å²) in [5, 5.41) is 13.2. The fraction of sp³-hybridized carbons (Fsp3) is 0.438. The average molecular weight is 369 g/mol. The molecule has 1 aliphatic carbocycles. The molecule has 0 unspecified atom stereocenters. The van der Waals surface area contributed by atoms with Crippen molar-refractivity contribution in [1.82, 2.24) is 14.9 Å². The number of fused-ring (bicyclic) bond motifs is 1. The van der Waals surface area contributed by atoms with E-state index in [9.17, 15) is 4.79 Å². The number of hydrogen-bond acceptors (Lipinski definition) is 5. The van der Waals surface area contributed by atoms with E-state index in [4.69, 9.17) is 28.3 Å². The molecule has 1 fully saturated rings. The molecule has 0 radical (unpaired) electrons. The SMILES string of the molecule is CCN(CC(=O)O)C1CC(Nc2cnc3cc(Cl)c(Cl)cc3n2)C1. The Morgan fingerprint density at radius 3 is 2.62 bits per heavy atom. The van der Waals surface area contributed by atoms with E-state index in [-0.39, 0.29) is 12.6 Å². The van der Waals surface area contributed by atoms with Crippen LogP contribution in [0.1, 0.15) is 19.8 Å². The lowest BCUT2D eigenvalue weighted by molar-refractivity contribution is -0.139. The van der Waals surface area contributed by atoms with Crippen LogP contribution in [0.3, 0.4) is 0 Å². The van der Waals surface area contributed by atoms with Crippen LogP contribution in [0.4, 0.5) is 5.82 Å². The van der Waals surface area contributed by atoms with Gasteiger partial charge in [-0.05, 0) is 31.5 Å². The molecule has 0 bridgehead atoms. The second-order valence-corrected chi connectivity index (χ2v) is 6.75. The van der Waals surface area contributed by atoms with E-state index in [1.807, 2.05) is 11.8 Å². The minimum Gasteiger partial charge on any atom is -0.480 e. The van der Waals surface area contributed by atoms with Crippen LogP contribution in [0.15, 0.2) is 18.3 Å². The van der Waals surface area contributed by atoms with Gasteiger partial charge in [0.1, 0.15) is 5.82 Å². The van der Waals surface area contributed by atoms with Gasteiger partial charge in [-0.2, -0.15) is 0 Å². The Balaban J connectivity index is 1.63. The molecule has 1 saturated carbocycles. The topological polar surface area (TPSA) is 78.4 Å². The summed E-state index contributed by atoms with van der Waals surface area (Å²) in [4.78, 5) is 21.7. The van der Waals surface area contributed by atoms with Crippen molar-refractivity contribution in [3.05, 3.63) is 28.4 Å². The zero-order valence-corrected chi connectivity index (χ0v) is 14.7. The highest BCUT2D eigenvalue weighted by molar-refractivity contribution is 6.42. The van der Waals surface area contributed by atoms with E-state index in [1.165, 1.54) is 0 Å². The number of aliphatic carboxylic acids is 1. The normalized spacial score (nSPS) is 20.2. The number of carbonyl (C=O) groups is 1. The van der Waals surface area contributed by atoms with Crippen LogP contribution in [0.2, 0.25) is 10.0 Å². The number of carboxylic acid groups (broad SMARTS) is 1. The van der Waals surface area contributed by atoms with E-state index < -0.39 is 5.97 Å². The van der Waals surface area contributed by atoms with Gasteiger partial charge < -0.3 is 10.4 Å². The van der Waals surface area contributed by atoms with Gasteiger partial charge in [-0.25, -0.2) is 4.98 Å². The molecule has 24 heavy (non-hydrogen) atoms. The third-order valence-corrected chi connectivity index (χ3v) is 5.03. The van der Waals surface area contributed by atoms with Crippen LogP contribution in [-0.2, 0) is 4.79 Å². The van der Waals surface area contributed by atoms with Gasteiger partial charge in [-0.15, -0.1) is 0 Å². The van der Waals surface area contributed by atoms with Crippen LogP contribution in [0.5, 0.6) is 0 Å². The molecule has 128 valence electrons. The van der Waals surface area contributed by atoms with E-state index in [2.05, 4.69) is 15.3 Å². The minimum atomic E-state index is -0.788. The van der Waals surface area contributed by atoms with Crippen LogP contribution >= 0.6 is 23.2 Å². The largest absolute Gasteiger partial charge is 0.480 e. The average Bonchev–Trinajstić information content (AvgIpc) is 2.49. The molecule has 1 heterocycles. The molecular formula is C16H18Cl2N4O2. The zero-order chi connectivity index (χ0) is 17.3. The van der Waals surface area contributed by atoms with Gasteiger partial charge in [0.2, 0.25) is 0 Å². The third-order valence-electron chi connectivity index (χ3n) is 4.31. The Hall–Kier alpha value is -1.63. The maximum atomic E-state index is 10.9. The fourth-order valence-electron chi connectivity index (χ4n) is 2.96. The third kappa shape index (κ3) is 3.71. The molecule has 1 aromatic heterocycles. The zero-order valence-electron chi connectivity index (χ0n) is 13.2. The summed E-state index contributed by atoms with van der Waals surface area (Å²) >= 11 is 12.0. The molecule has 0 aliphatic heterocycles. The van der Waals surface area contributed by atoms with E-state index in [0.29, 0.717) is 32.9 Å². The van der Waals surface area contributed by atoms with Crippen molar-refractivity contribution in [2.45, 2.75) is 31.8 Å². The molecule has 3 rings (SSSR count). The summed E-state index contributed by atoms with van der Waals surface area (Å²) in [6, 6.07) is 3.96. The summed E-state index contributed by atoms with van der Waals surface area (Å²) in [7, 11) is 0. The van der Waals surface area contributed by atoms with Crippen LogP contribution in [0, 0.1) is 0 Å². The number of likely N-dealkylation sites (N-methyl/N-ethyl adjacent to an activating group) is 1. The fourth-order valence-corrected chi connectivity index (χ4v) is 3.28. The number of aromatic nitrogens is 2. The van der Waals surface area contributed by atoms with E-state index in [1.54, 1.807) is 18.3 Å². The van der Waals surface area contributed by atoms with E-state index >= 15 is 0 Å². The smallest absolute Gasteiger partial charge is 0.317 e. The Morgan fingerprint density at radius 2 is 2.00 bits per heavy atom. The first-order valence-electron chi connectivity index (χ1n) is 7.80. The predicted molar refractivity (Wildman–Crippen MR) is 94.9 cm³/mol. The monoisotopic (exact) mass is 368 g/mol. The Bertz CT molecular complexity index is 765. The van der Waals surface area contributed by atoms with Gasteiger partial charge in [0, 0.05) is 12.1 Å². The quantitative estimate of drug-likeness (QED) is 0.814. The maximum Gasteiger partial charge on any atom is 0.317 e. The predicted octanol–water partition coefficient (Wildman–Crippen LogP) is 3.29. The van der Waals surface area contributed by atoms with Crippen molar-refractivity contribution in [3.8, 4) is 0 Å². The summed E-state index contributed by atoms with van der Waals surface area (Å²) in [6.45, 7) is 2.80. The molecule has 0 amide bonds. The van der Waals surface area contributed by atoms with Crippen molar-refractivity contribution in [2.75, 3.05) is 18.4 Å². The Morgan fingerprint density at radius 1 is 1.33 bits per heavy atom. The first-order valence-corrected chi connectivity index (χ1v) is 8.56. The van der Waals surface area contributed by atoms with E-state index in [0.717, 1.165) is 19.4 Å². The van der Waals surface area contributed by atoms with Crippen LogP contribution in [0.25, 0.3) is 11.0 Å². The van der Waals surface area contributed by atoms with Gasteiger partial charge in [-0.1, -0.05) is 30.1 Å². The van der Waals surface area contributed by atoms with Gasteiger partial charge in [0.05, 0.1) is 33.8 Å². The second-order valence-electron chi connectivity index (χ2n) is 5.93. The van der Waals surface area contributed by atoms with Crippen LogP contribution in [-0.4, -0.2) is 51.1 Å². The van der Waals surface area contributed by atoms with Crippen LogP contribution < -0.4 is 5.32 Å². The summed E-state index contributed by atoms with van der Waals surface area (Å²) in [5.74, 6) is -0.102. The lowest BCUT2D eigenvalue weighted by atomic mass is 9.85. The van der Waals surface area contributed by atoms with Gasteiger partial charge in [0.25, 0.3) is 0 Å². The second kappa shape index (κ2) is 7.09. The Kier molecular flexibility index (Phi) is 5.08. The summed E-state index contributed by atoms with van der Waals surface area (Å²) in [5.41, 5.74) is 1.38. The molecule has 1 aromatic carbocycles. The minimum absolute atomic E-state index is 0.0862. The molecule has 8 heteroatoms. The standard InChI is InChI=1S/C16H18Cl2N4O2/c1-2-22(8-16(23)24)10-3-9(4-10)20-15-7-19-13-5-11(17)12(18)6-14(13)21-15/h5-7,9-10H,2-4,8H2,1H3,(H,20,21)(H,23,24).